The lowest BCUT2D eigenvalue weighted by Crippen LogP contribution is -2.37. The lowest BCUT2D eigenvalue weighted by Gasteiger charge is -2.41. The van der Waals surface area contributed by atoms with Crippen LogP contribution in [0, 0.1) is 17.8 Å². The highest BCUT2D eigenvalue weighted by Gasteiger charge is 2.44. The second-order valence-electron chi connectivity index (χ2n) is 7.33. The highest BCUT2D eigenvalue weighted by molar-refractivity contribution is 7.87. The Morgan fingerprint density at radius 1 is 1.36 bits per heavy atom. The minimum Gasteiger partial charge on any atom is -0.283 e. The predicted octanol–water partition coefficient (Wildman–Crippen LogP) is 4.42. The molecule has 0 aromatic carbocycles. The second kappa shape index (κ2) is 5.75. The highest BCUT2D eigenvalue weighted by Crippen LogP contribution is 2.48. The summed E-state index contributed by atoms with van der Waals surface area (Å²) in [6.07, 6.45) is 12.0. The molecule has 3 rings (SSSR count). The van der Waals surface area contributed by atoms with E-state index in [0.717, 1.165) is 26.2 Å². The van der Waals surface area contributed by atoms with Gasteiger partial charge in [0.25, 0.3) is 10.1 Å². The molecule has 0 amide bonds. The summed E-state index contributed by atoms with van der Waals surface area (Å²) in [6.45, 7) is 0.991. The third-order valence-electron chi connectivity index (χ3n) is 5.76. The minimum absolute atomic E-state index is 0.00310. The van der Waals surface area contributed by atoms with E-state index in [1.807, 2.05) is 0 Å². The zero-order valence-electron chi connectivity index (χ0n) is 13.1. The third kappa shape index (κ3) is 3.02. The normalized spacial score (nSPS) is 34.8. The molecule has 0 saturated heterocycles. The lowest BCUT2D eigenvalue weighted by atomic mass is 9.65. The predicted molar refractivity (Wildman–Crippen MR) is 84.6 cm³/mol. The molecule has 0 bridgehead atoms. The topological polar surface area (TPSA) is 54.4 Å². The van der Waals surface area contributed by atoms with Crippen LogP contribution in [0.15, 0.2) is 23.3 Å². The smallest absolute Gasteiger partial charge is 0.283 e. The van der Waals surface area contributed by atoms with Crippen molar-refractivity contribution >= 4 is 10.1 Å². The summed E-state index contributed by atoms with van der Waals surface area (Å²) >= 11 is 0. The lowest BCUT2D eigenvalue weighted by molar-refractivity contribution is 0.167. The molecule has 0 aliphatic heterocycles. The monoisotopic (exact) mass is 328 g/mol. The van der Waals surface area contributed by atoms with Crippen molar-refractivity contribution in [3.8, 4) is 0 Å². The molecule has 0 radical (unpaired) electrons. The average Bonchev–Trinajstić information content (AvgIpc) is 2.44. The van der Waals surface area contributed by atoms with Gasteiger partial charge in [-0.05, 0) is 68.8 Å². The van der Waals surface area contributed by atoms with Gasteiger partial charge in [-0.15, -0.1) is 0 Å². The zero-order chi connectivity index (χ0) is 16.0. The molecule has 3 aliphatic rings. The van der Waals surface area contributed by atoms with Crippen LogP contribution in [0.25, 0.3) is 0 Å². The van der Waals surface area contributed by atoms with Gasteiger partial charge in [-0.25, -0.2) is 4.39 Å². The molecule has 4 unspecified atom stereocenters. The van der Waals surface area contributed by atoms with Crippen molar-refractivity contribution in [3.05, 3.63) is 23.3 Å². The Morgan fingerprint density at radius 2 is 2.14 bits per heavy atom. The number of hydrogen-bond donors (Lipinski definition) is 1. The second-order valence-corrected chi connectivity index (χ2v) is 9.13. The van der Waals surface area contributed by atoms with Crippen molar-refractivity contribution in [2.75, 3.05) is 0 Å². The summed E-state index contributed by atoms with van der Waals surface area (Å²) in [5.41, 5.74) is 2.81. The molecule has 0 spiro atoms. The number of hydrogen-bond acceptors (Lipinski definition) is 2. The van der Waals surface area contributed by atoms with E-state index in [4.69, 9.17) is 4.55 Å². The maximum atomic E-state index is 14.4. The van der Waals surface area contributed by atoms with Gasteiger partial charge in [0.15, 0.2) is 0 Å². The van der Waals surface area contributed by atoms with Crippen molar-refractivity contribution in [3.63, 3.8) is 0 Å². The molecular weight excluding hydrogens is 303 g/mol. The fourth-order valence-corrected chi connectivity index (χ4v) is 4.92. The summed E-state index contributed by atoms with van der Waals surface area (Å²) in [6, 6.07) is 0. The van der Waals surface area contributed by atoms with Crippen LogP contribution >= 0.6 is 0 Å². The summed E-state index contributed by atoms with van der Waals surface area (Å²) in [5, 5.41) is -2.54. The van der Waals surface area contributed by atoms with E-state index < -0.39 is 15.1 Å². The van der Waals surface area contributed by atoms with Gasteiger partial charge < -0.3 is 0 Å². The summed E-state index contributed by atoms with van der Waals surface area (Å²) in [5.74, 6) is 0.835. The van der Waals surface area contributed by atoms with Crippen molar-refractivity contribution in [2.45, 2.75) is 63.3 Å². The Balaban J connectivity index is 1.82. The van der Waals surface area contributed by atoms with E-state index in [2.05, 4.69) is 12.2 Å². The SMILES string of the molecule is CC(F)(CC1CCC=C2C=C3CCCCC3CC21)S(=O)(=O)O. The van der Waals surface area contributed by atoms with Gasteiger partial charge in [0, 0.05) is 6.42 Å². The maximum absolute atomic E-state index is 14.4. The molecule has 0 heterocycles. The van der Waals surface area contributed by atoms with Crippen molar-refractivity contribution in [1.82, 2.24) is 0 Å². The van der Waals surface area contributed by atoms with Crippen molar-refractivity contribution in [2.24, 2.45) is 17.8 Å². The Labute approximate surface area is 132 Å². The van der Waals surface area contributed by atoms with Crippen LogP contribution in [0.4, 0.5) is 4.39 Å². The van der Waals surface area contributed by atoms with Gasteiger partial charge in [-0.1, -0.05) is 24.1 Å². The Hall–Kier alpha value is -0.680. The fraction of sp³-hybridized carbons (Fsp3) is 0.765. The van der Waals surface area contributed by atoms with Crippen LogP contribution in [0.5, 0.6) is 0 Å². The summed E-state index contributed by atoms with van der Waals surface area (Å²) < 4.78 is 46.1. The molecule has 1 saturated carbocycles. The van der Waals surface area contributed by atoms with Gasteiger partial charge in [-0.3, -0.25) is 4.55 Å². The van der Waals surface area contributed by atoms with Gasteiger partial charge in [0.05, 0.1) is 0 Å². The number of alkyl halides is 1. The average molecular weight is 328 g/mol. The molecule has 1 N–H and O–H groups in total. The number of halogens is 1. The zero-order valence-corrected chi connectivity index (χ0v) is 13.9. The fourth-order valence-electron chi connectivity index (χ4n) is 4.49. The molecule has 1 fully saturated rings. The Kier molecular flexibility index (Phi) is 4.23. The van der Waals surface area contributed by atoms with Crippen LogP contribution in [0.2, 0.25) is 0 Å². The molecule has 0 aromatic heterocycles. The van der Waals surface area contributed by atoms with Crippen molar-refractivity contribution in [1.29, 1.82) is 0 Å². The number of fused-ring (bicyclic) bond motifs is 2. The summed E-state index contributed by atoms with van der Waals surface area (Å²) in [4.78, 5) is 0. The van der Waals surface area contributed by atoms with Crippen molar-refractivity contribution < 1.29 is 17.4 Å². The van der Waals surface area contributed by atoms with E-state index >= 15 is 0 Å². The van der Waals surface area contributed by atoms with E-state index in [9.17, 15) is 12.8 Å². The molecule has 5 heteroatoms. The van der Waals surface area contributed by atoms with Crippen LogP contribution in [0.3, 0.4) is 0 Å². The standard InChI is InChI=1S/C17H25FO3S/c1-17(18,22(19,20)21)11-15-8-4-7-14-9-12-5-2-3-6-13(12)10-16(14)15/h7,9,13,15-16H,2-6,8,10-11H2,1H3,(H,19,20,21). The van der Waals surface area contributed by atoms with E-state index in [0.29, 0.717) is 5.92 Å². The van der Waals surface area contributed by atoms with Crippen LogP contribution < -0.4 is 0 Å². The maximum Gasteiger partial charge on any atom is 0.300 e. The first-order valence-corrected chi connectivity index (χ1v) is 9.78. The third-order valence-corrected chi connectivity index (χ3v) is 7.00. The minimum atomic E-state index is -4.66. The van der Waals surface area contributed by atoms with Crippen LogP contribution in [-0.2, 0) is 10.1 Å². The number of allylic oxidation sites excluding steroid dienone is 4. The Bertz CT molecular complexity index is 603. The molecule has 22 heavy (non-hydrogen) atoms. The van der Waals surface area contributed by atoms with Crippen LogP contribution in [0.1, 0.15) is 58.3 Å². The van der Waals surface area contributed by atoms with Gasteiger partial charge in [0.2, 0.25) is 5.00 Å². The van der Waals surface area contributed by atoms with Gasteiger partial charge >= 0.3 is 0 Å². The first-order valence-electron chi connectivity index (χ1n) is 8.34. The van der Waals surface area contributed by atoms with E-state index in [1.165, 1.54) is 36.8 Å². The quantitative estimate of drug-likeness (QED) is 0.780. The number of rotatable bonds is 3. The Morgan fingerprint density at radius 3 is 2.86 bits per heavy atom. The van der Waals surface area contributed by atoms with Crippen LogP contribution in [-0.4, -0.2) is 18.0 Å². The molecule has 3 aliphatic carbocycles. The van der Waals surface area contributed by atoms with E-state index in [-0.39, 0.29) is 18.3 Å². The molecular formula is C17H25FO3S. The van der Waals surface area contributed by atoms with E-state index in [1.54, 1.807) is 0 Å². The summed E-state index contributed by atoms with van der Waals surface area (Å²) in [7, 11) is -4.66. The first kappa shape index (κ1) is 16.2. The largest absolute Gasteiger partial charge is 0.300 e. The molecule has 3 nitrogen and oxygen atoms in total. The first-order chi connectivity index (χ1) is 10.3. The molecule has 4 atom stereocenters. The van der Waals surface area contributed by atoms with Gasteiger partial charge in [0.1, 0.15) is 0 Å². The molecule has 124 valence electrons. The molecule has 0 aromatic rings. The van der Waals surface area contributed by atoms with Gasteiger partial charge in [-0.2, -0.15) is 8.42 Å². The highest BCUT2D eigenvalue weighted by atomic mass is 32.2.